The molecule has 1 aliphatic rings. The lowest BCUT2D eigenvalue weighted by Gasteiger charge is -2.32. The molecule has 5 amide bonds. The number of thiazole rings is 2. The maximum Gasteiger partial charge on any atom is 0.407 e. The summed E-state index contributed by atoms with van der Waals surface area (Å²) < 4.78 is 11.0. The van der Waals surface area contributed by atoms with Gasteiger partial charge in [-0.1, -0.05) is 74.5 Å². The largest absolute Gasteiger partial charge is 0.444 e. The van der Waals surface area contributed by atoms with Gasteiger partial charge in [0.05, 0.1) is 47.4 Å². The Balaban J connectivity index is 1.28. The first-order valence-electron chi connectivity index (χ1n) is 18.4. The molecule has 1 aliphatic heterocycles. The summed E-state index contributed by atoms with van der Waals surface area (Å²) in [5, 5.41) is 10.7. The predicted molar refractivity (Wildman–Crippen MR) is 211 cm³/mol. The molecule has 290 valence electrons. The molecule has 13 nitrogen and oxygen atoms in total. The van der Waals surface area contributed by atoms with Crippen molar-refractivity contribution in [1.82, 2.24) is 40.8 Å². The van der Waals surface area contributed by atoms with E-state index in [1.807, 2.05) is 66.0 Å². The normalized spacial score (nSPS) is 14.2. The van der Waals surface area contributed by atoms with Gasteiger partial charge in [0.15, 0.2) is 0 Å². The van der Waals surface area contributed by atoms with Crippen LogP contribution in [-0.4, -0.2) is 101 Å². The van der Waals surface area contributed by atoms with Crippen molar-refractivity contribution in [1.29, 1.82) is 0 Å². The number of aromatic nitrogens is 2. The second kappa shape index (κ2) is 21.4. The number of ether oxygens (including phenoxy) is 2. The SMILES string of the molecule is CC(C)c1nc(CN(C)C(=O)NN(CCN2CCOCC2)C(=O)N[C@H](CC[C@H](Cc2ccccc2)NC(=O)OCc2cncs2)Cc2ccccc2)cs1. The minimum atomic E-state index is -0.507. The summed E-state index contributed by atoms with van der Waals surface area (Å²) in [5.74, 6) is 0.304. The van der Waals surface area contributed by atoms with E-state index in [2.05, 4.69) is 44.8 Å². The first-order valence-corrected chi connectivity index (χ1v) is 20.2. The molecule has 0 spiro atoms. The van der Waals surface area contributed by atoms with E-state index in [1.165, 1.54) is 21.2 Å². The summed E-state index contributed by atoms with van der Waals surface area (Å²) in [6.07, 6.45) is 3.45. The van der Waals surface area contributed by atoms with Gasteiger partial charge in [0.25, 0.3) is 0 Å². The second-order valence-electron chi connectivity index (χ2n) is 13.7. The van der Waals surface area contributed by atoms with Crippen LogP contribution in [0, 0.1) is 0 Å². The van der Waals surface area contributed by atoms with E-state index in [9.17, 15) is 14.4 Å². The van der Waals surface area contributed by atoms with E-state index in [1.54, 1.807) is 30.1 Å². The van der Waals surface area contributed by atoms with Crippen LogP contribution in [0.3, 0.4) is 0 Å². The quantitative estimate of drug-likeness (QED) is 0.110. The second-order valence-corrected chi connectivity index (χ2v) is 15.6. The highest BCUT2D eigenvalue weighted by molar-refractivity contribution is 7.09. The van der Waals surface area contributed by atoms with Crippen LogP contribution < -0.4 is 16.1 Å². The Morgan fingerprint density at radius 2 is 1.56 bits per heavy atom. The first-order chi connectivity index (χ1) is 26.2. The Hall–Kier alpha value is -4.57. The molecule has 1 fully saturated rings. The molecule has 54 heavy (non-hydrogen) atoms. The van der Waals surface area contributed by atoms with Crippen molar-refractivity contribution in [3.8, 4) is 0 Å². The van der Waals surface area contributed by atoms with Gasteiger partial charge in [-0.2, -0.15) is 0 Å². The molecule has 0 saturated carbocycles. The molecule has 2 aromatic heterocycles. The monoisotopic (exact) mass is 776 g/mol. The smallest absolute Gasteiger partial charge is 0.407 e. The number of nitrogens with one attached hydrogen (secondary N) is 3. The minimum absolute atomic E-state index is 0.144. The lowest BCUT2D eigenvalue weighted by atomic mass is 9.96. The van der Waals surface area contributed by atoms with E-state index in [4.69, 9.17) is 9.47 Å². The molecule has 2 aromatic carbocycles. The van der Waals surface area contributed by atoms with Crippen molar-refractivity contribution in [2.45, 2.75) is 70.7 Å². The zero-order valence-corrected chi connectivity index (χ0v) is 32.9. The van der Waals surface area contributed by atoms with Crippen molar-refractivity contribution >= 4 is 40.8 Å². The van der Waals surface area contributed by atoms with Gasteiger partial charge in [0.2, 0.25) is 0 Å². The van der Waals surface area contributed by atoms with Gasteiger partial charge in [-0.3, -0.25) is 9.88 Å². The van der Waals surface area contributed by atoms with Crippen LogP contribution in [-0.2, 0) is 35.5 Å². The number of morpholine rings is 1. The highest BCUT2D eigenvalue weighted by Gasteiger charge is 2.25. The first kappa shape index (κ1) is 40.6. The number of amides is 5. The maximum absolute atomic E-state index is 14.2. The van der Waals surface area contributed by atoms with E-state index < -0.39 is 18.2 Å². The van der Waals surface area contributed by atoms with Gasteiger partial charge in [-0.15, -0.1) is 22.7 Å². The molecule has 0 unspecified atom stereocenters. The average molecular weight is 777 g/mol. The Labute approximate surface area is 326 Å². The molecule has 3 N–H and O–H groups in total. The fourth-order valence-corrected chi connectivity index (χ4v) is 7.34. The molecule has 2 atom stereocenters. The van der Waals surface area contributed by atoms with Gasteiger partial charge in [-0.25, -0.2) is 29.8 Å². The summed E-state index contributed by atoms with van der Waals surface area (Å²) in [6, 6.07) is 18.6. The highest BCUT2D eigenvalue weighted by Crippen LogP contribution is 2.20. The van der Waals surface area contributed by atoms with Gasteiger partial charge >= 0.3 is 18.2 Å². The number of hydrogen-bond donors (Lipinski definition) is 3. The van der Waals surface area contributed by atoms with Gasteiger partial charge < -0.3 is 25.0 Å². The predicted octanol–water partition coefficient (Wildman–Crippen LogP) is 6.05. The summed E-state index contributed by atoms with van der Waals surface area (Å²) >= 11 is 3.01. The zero-order valence-electron chi connectivity index (χ0n) is 31.3. The molecule has 15 heteroatoms. The fourth-order valence-electron chi connectivity index (χ4n) is 6.01. The lowest BCUT2D eigenvalue weighted by Crippen LogP contribution is -2.57. The van der Waals surface area contributed by atoms with Crippen LogP contribution in [0.5, 0.6) is 0 Å². The molecule has 0 bridgehead atoms. The number of carbonyl (C=O) groups excluding carboxylic acids is 3. The van der Waals surface area contributed by atoms with E-state index in [-0.39, 0.29) is 25.2 Å². The highest BCUT2D eigenvalue weighted by atomic mass is 32.1. The van der Waals surface area contributed by atoms with E-state index in [0.717, 1.165) is 39.8 Å². The molecule has 0 aliphatic carbocycles. The molecule has 1 saturated heterocycles. The van der Waals surface area contributed by atoms with Crippen molar-refractivity contribution in [2.75, 3.05) is 46.4 Å². The zero-order chi connectivity index (χ0) is 38.1. The van der Waals surface area contributed by atoms with E-state index >= 15 is 0 Å². The Morgan fingerprint density at radius 3 is 2.15 bits per heavy atom. The minimum Gasteiger partial charge on any atom is -0.444 e. The number of carbonyl (C=O) groups is 3. The van der Waals surface area contributed by atoms with Crippen molar-refractivity contribution < 1.29 is 23.9 Å². The number of nitrogens with zero attached hydrogens (tertiary/aromatic N) is 5. The van der Waals surface area contributed by atoms with Crippen LogP contribution in [0.2, 0.25) is 0 Å². The molecule has 4 aromatic rings. The summed E-state index contributed by atoms with van der Waals surface area (Å²) in [4.78, 5) is 54.0. The molecule has 3 heterocycles. The number of benzene rings is 2. The third-order valence-corrected chi connectivity index (χ3v) is 11.0. The Morgan fingerprint density at radius 1 is 0.907 bits per heavy atom. The molecule has 5 rings (SSSR count). The van der Waals surface area contributed by atoms with Gasteiger partial charge in [0.1, 0.15) is 6.61 Å². The summed E-state index contributed by atoms with van der Waals surface area (Å²) in [7, 11) is 1.70. The van der Waals surface area contributed by atoms with Crippen molar-refractivity contribution in [3.63, 3.8) is 0 Å². The Bertz CT molecular complexity index is 1700. The van der Waals surface area contributed by atoms with Crippen molar-refractivity contribution in [3.05, 3.63) is 104 Å². The summed E-state index contributed by atoms with van der Waals surface area (Å²) in [6.45, 7) is 8.26. The topological polar surface area (TPSA) is 141 Å². The van der Waals surface area contributed by atoms with Crippen LogP contribution in [0.15, 0.2) is 77.8 Å². The van der Waals surface area contributed by atoms with Gasteiger partial charge in [-0.05, 0) is 36.8 Å². The lowest BCUT2D eigenvalue weighted by molar-refractivity contribution is 0.0330. The molecular formula is C39H52N8O5S2. The number of alkyl carbamates (subject to hydrolysis) is 1. The number of hydrogen-bond acceptors (Lipinski definition) is 10. The molecule has 0 radical (unpaired) electrons. The number of rotatable bonds is 17. The number of urea groups is 2. The van der Waals surface area contributed by atoms with Crippen LogP contribution in [0.1, 0.15) is 59.3 Å². The fraction of sp³-hybridized carbons (Fsp3) is 0.462. The molecular weight excluding hydrogens is 725 g/mol. The Kier molecular flexibility index (Phi) is 16.1. The summed E-state index contributed by atoms with van der Waals surface area (Å²) in [5.41, 5.74) is 7.52. The van der Waals surface area contributed by atoms with Crippen molar-refractivity contribution in [2.24, 2.45) is 0 Å². The van der Waals surface area contributed by atoms with Crippen LogP contribution in [0.25, 0.3) is 0 Å². The van der Waals surface area contributed by atoms with Crippen LogP contribution in [0.4, 0.5) is 14.4 Å². The third-order valence-electron chi connectivity index (χ3n) is 9.02. The van der Waals surface area contributed by atoms with Gasteiger partial charge in [0, 0.05) is 56.3 Å². The van der Waals surface area contributed by atoms with E-state index in [0.29, 0.717) is 57.9 Å². The third kappa shape index (κ3) is 13.7. The maximum atomic E-state index is 14.2. The van der Waals surface area contributed by atoms with Crippen LogP contribution >= 0.6 is 22.7 Å². The number of hydrazine groups is 1. The average Bonchev–Trinajstić information content (AvgIpc) is 3.89. The standard InChI is InChI=1S/C39H52N8O5S2/c1-29(2)36-41-34(27-53-36)25-45(3)38(49)44-47(17-16-46-18-20-51-21-19-46)37(48)42-32(22-30-10-6-4-7-11-30)14-15-33(23-31-12-8-5-9-13-31)43-39(50)52-26-35-24-40-28-54-35/h4-13,24,27-29,32-33H,14-23,25-26H2,1-3H3,(H,42,48)(H,43,50)(H,44,49)/t32-,33-/m1/s1.